The summed E-state index contributed by atoms with van der Waals surface area (Å²) in [5, 5.41) is 0. The van der Waals surface area contributed by atoms with Crippen molar-refractivity contribution in [3.05, 3.63) is 64.6 Å². The minimum absolute atomic E-state index is 0.245. The van der Waals surface area contributed by atoms with Gasteiger partial charge in [0.1, 0.15) is 5.75 Å². The number of hydrogen-bond acceptors (Lipinski definition) is 3. The highest BCUT2D eigenvalue weighted by Crippen LogP contribution is 2.18. The van der Waals surface area contributed by atoms with Gasteiger partial charge in [0.05, 0.1) is 6.61 Å². The van der Waals surface area contributed by atoms with Gasteiger partial charge in [-0.25, -0.2) is 0 Å². The van der Waals surface area contributed by atoms with Gasteiger partial charge in [-0.3, -0.25) is 9.69 Å². The van der Waals surface area contributed by atoms with Crippen LogP contribution in [0.3, 0.4) is 0 Å². The van der Waals surface area contributed by atoms with Crippen molar-refractivity contribution < 1.29 is 9.53 Å². The van der Waals surface area contributed by atoms with Crippen LogP contribution < -0.4 is 4.74 Å². The van der Waals surface area contributed by atoms with Crippen molar-refractivity contribution >= 4 is 21.8 Å². The highest BCUT2D eigenvalue weighted by atomic mass is 79.9. The van der Waals surface area contributed by atoms with Crippen LogP contribution in [0.2, 0.25) is 0 Å². The van der Waals surface area contributed by atoms with Crippen molar-refractivity contribution in [1.29, 1.82) is 0 Å². The van der Waals surface area contributed by atoms with Crippen LogP contribution in [0.1, 0.15) is 24.8 Å². The normalized spacial score (nSPS) is 15.4. The first-order chi connectivity index (χ1) is 13.2. The Morgan fingerprint density at radius 3 is 2.67 bits per heavy atom. The number of ether oxygens (including phenoxy) is 1. The van der Waals surface area contributed by atoms with E-state index in [0.29, 0.717) is 13.0 Å². The highest BCUT2D eigenvalue weighted by molar-refractivity contribution is 9.10. The van der Waals surface area contributed by atoms with Gasteiger partial charge >= 0.3 is 0 Å². The van der Waals surface area contributed by atoms with Gasteiger partial charge in [0.15, 0.2) is 0 Å². The molecule has 0 unspecified atom stereocenters. The first kappa shape index (κ1) is 19.9. The number of carbonyl (C=O) groups is 1. The Morgan fingerprint density at radius 1 is 1.00 bits per heavy atom. The maximum atomic E-state index is 12.5. The SMILES string of the molecule is O=C(CCCOc1cccc(Br)c1)N1CCCN(Cc2ccccc2)CC1. The third kappa shape index (κ3) is 6.67. The standard InChI is InChI=1S/C22H27BrN2O2/c23-20-9-4-10-21(17-20)27-16-5-11-22(26)25-13-6-12-24(14-15-25)18-19-7-2-1-3-8-19/h1-4,7-10,17H,5-6,11-16,18H2. The second-order valence-corrected chi connectivity index (χ2v) is 7.82. The van der Waals surface area contributed by atoms with E-state index in [9.17, 15) is 4.79 Å². The maximum absolute atomic E-state index is 12.5. The van der Waals surface area contributed by atoms with Gasteiger partial charge in [-0.05, 0) is 36.6 Å². The molecule has 0 radical (unpaired) electrons. The predicted octanol–water partition coefficient (Wildman–Crippen LogP) is 4.34. The zero-order valence-electron chi connectivity index (χ0n) is 15.6. The predicted molar refractivity (Wildman–Crippen MR) is 112 cm³/mol. The number of nitrogens with zero attached hydrogens (tertiary/aromatic N) is 2. The topological polar surface area (TPSA) is 32.8 Å². The van der Waals surface area contributed by atoms with Crippen molar-refractivity contribution in [3.63, 3.8) is 0 Å². The zero-order chi connectivity index (χ0) is 18.9. The molecule has 3 rings (SSSR count). The van der Waals surface area contributed by atoms with E-state index < -0.39 is 0 Å². The Hall–Kier alpha value is -1.85. The van der Waals surface area contributed by atoms with Gasteiger partial charge in [0.25, 0.3) is 0 Å². The third-order valence-corrected chi connectivity index (χ3v) is 5.28. The Kier molecular flexibility index (Phi) is 7.72. The fraction of sp³-hybridized carbons (Fsp3) is 0.409. The number of amides is 1. The average molecular weight is 431 g/mol. The molecule has 0 aromatic heterocycles. The lowest BCUT2D eigenvalue weighted by molar-refractivity contribution is -0.131. The van der Waals surface area contributed by atoms with Crippen LogP contribution in [-0.4, -0.2) is 48.5 Å². The van der Waals surface area contributed by atoms with E-state index in [1.54, 1.807) is 0 Å². The van der Waals surface area contributed by atoms with Crippen LogP contribution in [0.25, 0.3) is 0 Å². The summed E-state index contributed by atoms with van der Waals surface area (Å²) in [6.07, 6.45) is 2.33. The Labute approximate surface area is 170 Å². The molecule has 0 bridgehead atoms. The maximum Gasteiger partial charge on any atom is 0.222 e. The fourth-order valence-electron chi connectivity index (χ4n) is 3.35. The summed E-state index contributed by atoms with van der Waals surface area (Å²) in [4.78, 5) is 17.0. The largest absolute Gasteiger partial charge is 0.494 e. The van der Waals surface area contributed by atoms with Gasteiger partial charge in [0.2, 0.25) is 5.91 Å². The summed E-state index contributed by atoms with van der Waals surface area (Å²) in [5.74, 6) is 1.08. The molecule has 1 heterocycles. The van der Waals surface area contributed by atoms with Gasteiger partial charge in [-0.15, -0.1) is 0 Å². The summed E-state index contributed by atoms with van der Waals surface area (Å²) < 4.78 is 6.72. The first-order valence-corrected chi connectivity index (χ1v) is 10.4. The van der Waals surface area contributed by atoms with E-state index >= 15 is 0 Å². The second kappa shape index (κ2) is 10.5. The molecule has 0 N–H and O–H groups in total. The molecule has 1 amide bonds. The number of halogens is 1. The van der Waals surface area contributed by atoms with Crippen LogP contribution in [-0.2, 0) is 11.3 Å². The summed E-state index contributed by atoms with van der Waals surface area (Å²) in [7, 11) is 0. The van der Waals surface area contributed by atoms with Crippen LogP contribution in [0.15, 0.2) is 59.1 Å². The van der Waals surface area contributed by atoms with Crippen molar-refractivity contribution in [3.8, 4) is 5.75 Å². The van der Waals surface area contributed by atoms with Crippen molar-refractivity contribution in [1.82, 2.24) is 9.80 Å². The number of hydrogen-bond donors (Lipinski definition) is 0. The van der Waals surface area contributed by atoms with Crippen LogP contribution in [0.5, 0.6) is 5.75 Å². The van der Waals surface area contributed by atoms with E-state index in [0.717, 1.165) is 55.8 Å². The quantitative estimate of drug-likeness (QED) is 0.612. The Balaban J connectivity index is 1.37. The molecule has 2 aromatic rings. The van der Waals surface area contributed by atoms with Gasteiger partial charge in [-0.2, -0.15) is 0 Å². The van der Waals surface area contributed by atoms with E-state index in [1.807, 2.05) is 35.2 Å². The molecular formula is C22H27BrN2O2. The van der Waals surface area contributed by atoms with Gasteiger partial charge in [0, 0.05) is 43.6 Å². The van der Waals surface area contributed by atoms with E-state index in [1.165, 1.54) is 5.56 Å². The van der Waals surface area contributed by atoms with Crippen LogP contribution in [0, 0.1) is 0 Å². The molecule has 27 heavy (non-hydrogen) atoms. The molecule has 4 nitrogen and oxygen atoms in total. The van der Waals surface area contributed by atoms with E-state index in [2.05, 4.69) is 45.1 Å². The average Bonchev–Trinajstić information content (AvgIpc) is 2.92. The Bertz CT molecular complexity index is 723. The summed E-state index contributed by atoms with van der Waals surface area (Å²) in [6.45, 7) is 5.19. The molecular weight excluding hydrogens is 404 g/mol. The van der Waals surface area contributed by atoms with Gasteiger partial charge < -0.3 is 9.64 Å². The molecule has 0 atom stereocenters. The molecule has 0 spiro atoms. The van der Waals surface area contributed by atoms with Crippen molar-refractivity contribution in [2.75, 3.05) is 32.8 Å². The van der Waals surface area contributed by atoms with Crippen LogP contribution in [0.4, 0.5) is 0 Å². The second-order valence-electron chi connectivity index (χ2n) is 6.91. The third-order valence-electron chi connectivity index (χ3n) is 4.79. The minimum Gasteiger partial charge on any atom is -0.494 e. The summed E-state index contributed by atoms with van der Waals surface area (Å²) >= 11 is 3.43. The van der Waals surface area contributed by atoms with E-state index in [-0.39, 0.29) is 5.91 Å². The first-order valence-electron chi connectivity index (χ1n) is 9.63. The van der Waals surface area contributed by atoms with Crippen LogP contribution >= 0.6 is 15.9 Å². The zero-order valence-corrected chi connectivity index (χ0v) is 17.2. The molecule has 0 aliphatic carbocycles. The number of rotatable bonds is 7. The van der Waals surface area contributed by atoms with Gasteiger partial charge in [-0.1, -0.05) is 52.3 Å². The Morgan fingerprint density at radius 2 is 1.85 bits per heavy atom. The lowest BCUT2D eigenvalue weighted by Gasteiger charge is -2.22. The lowest BCUT2D eigenvalue weighted by atomic mass is 10.2. The molecule has 144 valence electrons. The highest BCUT2D eigenvalue weighted by Gasteiger charge is 2.18. The van der Waals surface area contributed by atoms with Crippen molar-refractivity contribution in [2.45, 2.75) is 25.8 Å². The molecule has 2 aromatic carbocycles. The summed E-state index contributed by atoms with van der Waals surface area (Å²) in [6, 6.07) is 18.3. The molecule has 1 aliphatic heterocycles. The molecule has 1 saturated heterocycles. The molecule has 1 fully saturated rings. The fourth-order valence-corrected chi connectivity index (χ4v) is 3.73. The lowest BCUT2D eigenvalue weighted by Crippen LogP contribution is -2.35. The number of carbonyl (C=O) groups excluding carboxylic acids is 1. The molecule has 0 saturated carbocycles. The van der Waals surface area contributed by atoms with Crippen molar-refractivity contribution in [2.24, 2.45) is 0 Å². The van der Waals surface area contributed by atoms with E-state index in [4.69, 9.17) is 4.74 Å². The summed E-state index contributed by atoms with van der Waals surface area (Å²) in [5.41, 5.74) is 1.34. The smallest absolute Gasteiger partial charge is 0.222 e. The monoisotopic (exact) mass is 430 g/mol. The molecule has 1 aliphatic rings. The molecule has 5 heteroatoms. The number of benzene rings is 2. The minimum atomic E-state index is 0.245.